The lowest BCUT2D eigenvalue weighted by Crippen LogP contribution is -2.08. The Kier molecular flexibility index (Phi) is 3.19. The summed E-state index contributed by atoms with van der Waals surface area (Å²) in [5, 5.41) is 12.2. The van der Waals surface area contributed by atoms with Crippen LogP contribution < -0.4 is 0 Å². The van der Waals surface area contributed by atoms with Crippen LogP contribution in [-0.4, -0.2) is 26.6 Å². The molecule has 0 aliphatic heterocycles. The molecule has 0 atom stereocenters. The van der Waals surface area contributed by atoms with Crippen LogP contribution in [0.15, 0.2) is 16.7 Å². The van der Waals surface area contributed by atoms with Gasteiger partial charge in [-0.2, -0.15) is 5.10 Å². The molecule has 0 aliphatic carbocycles. The Labute approximate surface area is 88.2 Å². The van der Waals surface area contributed by atoms with E-state index in [4.69, 9.17) is 5.11 Å². The van der Waals surface area contributed by atoms with Crippen molar-refractivity contribution < 1.29 is 14.7 Å². The van der Waals surface area contributed by atoms with E-state index in [1.54, 1.807) is 13.2 Å². The van der Waals surface area contributed by atoms with Gasteiger partial charge in [0.25, 0.3) is 5.78 Å². The lowest BCUT2D eigenvalue weighted by atomic mass is 10.3. The molecule has 1 heterocycles. The molecule has 0 fully saturated rings. The van der Waals surface area contributed by atoms with E-state index in [-0.39, 0.29) is 0 Å². The molecule has 0 bridgehead atoms. The first-order valence-electron chi connectivity index (χ1n) is 3.65. The van der Waals surface area contributed by atoms with E-state index < -0.39 is 11.8 Å². The van der Waals surface area contributed by atoms with Crippen molar-refractivity contribution in [2.75, 3.05) is 0 Å². The SMILES string of the molecule is Cn1ncc(Br)c1/C=C/C(=O)C(=O)O. The summed E-state index contributed by atoms with van der Waals surface area (Å²) in [4.78, 5) is 20.9. The molecule has 1 rings (SSSR count). The third kappa shape index (κ3) is 2.29. The second-order valence-electron chi connectivity index (χ2n) is 2.50. The zero-order valence-electron chi connectivity index (χ0n) is 7.27. The van der Waals surface area contributed by atoms with Crippen molar-refractivity contribution in [2.45, 2.75) is 0 Å². The van der Waals surface area contributed by atoms with Gasteiger partial charge in [0.1, 0.15) is 0 Å². The van der Waals surface area contributed by atoms with E-state index in [0.29, 0.717) is 10.2 Å². The molecule has 1 aromatic heterocycles. The van der Waals surface area contributed by atoms with Crippen molar-refractivity contribution in [3.8, 4) is 0 Å². The van der Waals surface area contributed by atoms with Crippen LogP contribution in [0.4, 0.5) is 0 Å². The van der Waals surface area contributed by atoms with Gasteiger partial charge in [0, 0.05) is 7.05 Å². The number of carbonyl (C=O) groups is 2. The quantitative estimate of drug-likeness (QED) is 0.645. The number of carboxylic acid groups (broad SMARTS) is 1. The van der Waals surface area contributed by atoms with E-state index in [2.05, 4.69) is 21.0 Å². The summed E-state index contributed by atoms with van der Waals surface area (Å²) in [5.41, 5.74) is 0.639. The minimum atomic E-state index is -1.47. The topological polar surface area (TPSA) is 72.2 Å². The minimum Gasteiger partial charge on any atom is -0.475 e. The molecular weight excluding hydrogens is 252 g/mol. The lowest BCUT2D eigenvalue weighted by molar-refractivity contribution is -0.146. The Hall–Kier alpha value is -1.43. The molecule has 1 N–H and O–H groups in total. The summed E-state index contributed by atoms with van der Waals surface area (Å²) < 4.78 is 2.23. The summed E-state index contributed by atoms with van der Waals surface area (Å²) in [7, 11) is 1.69. The second kappa shape index (κ2) is 4.19. The van der Waals surface area contributed by atoms with Gasteiger partial charge in [0.15, 0.2) is 0 Å². The molecule has 1 aromatic rings. The number of ketones is 1. The highest BCUT2D eigenvalue weighted by atomic mass is 79.9. The monoisotopic (exact) mass is 258 g/mol. The van der Waals surface area contributed by atoms with Gasteiger partial charge in [0.05, 0.1) is 16.4 Å². The zero-order chi connectivity index (χ0) is 10.7. The molecule has 0 amide bonds. The van der Waals surface area contributed by atoms with Gasteiger partial charge in [-0.15, -0.1) is 0 Å². The molecule has 5 nitrogen and oxygen atoms in total. The average molecular weight is 259 g/mol. The lowest BCUT2D eigenvalue weighted by Gasteiger charge is -1.93. The fourth-order valence-electron chi connectivity index (χ4n) is 0.834. The molecule has 0 aromatic carbocycles. The Morgan fingerprint density at radius 1 is 1.64 bits per heavy atom. The number of carboxylic acids is 1. The molecule has 0 unspecified atom stereocenters. The molecule has 74 valence electrons. The van der Waals surface area contributed by atoms with Crippen LogP contribution >= 0.6 is 15.9 Å². The van der Waals surface area contributed by atoms with Crippen LogP contribution in [0.2, 0.25) is 0 Å². The maximum atomic E-state index is 10.7. The number of hydrogen-bond acceptors (Lipinski definition) is 3. The summed E-state index contributed by atoms with van der Waals surface area (Å²) in [6.45, 7) is 0. The number of carbonyl (C=O) groups excluding carboxylic acids is 1. The highest BCUT2D eigenvalue weighted by molar-refractivity contribution is 9.10. The van der Waals surface area contributed by atoms with E-state index >= 15 is 0 Å². The van der Waals surface area contributed by atoms with Crippen LogP contribution in [-0.2, 0) is 16.6 Å². The first kappa shape index (κ1) is 10.6. The van der Waals surface area contributed by atoms with E-state index in [1.807, 2.05) is 0 Å². The Balaban J connectivity index is 2.88. The van der Waals surface area contributed by atoms with Crippen molar-refractivity contribution >= 4 is 33.8 Å². The molecule has 0 radical (unpaired) electrons. The molecular formula is C8H7BrN2O3. The Morgan fingerprint density at radius 2 is 2.29 bits per heavy atom. The van der Waals surface area contributed by atoms with Crippen LogP contribution in [0.25, 0.3) is 6.08 Å². The normalized spacial score (nSPS) is 10.7. The first-order chi connectivity index (χ1) is 6.52. The fourth-order valence-corrected chi connectivity index (χ4v) is 1.31. The number of aromatic nitrogens is 2. The van der Waals surface area contributed by atoms with Gasteiger partial charge >= 0.3 is 5.97 Å². The van der Waals surface area contributed by atoms with Crippen LogP contribution in [0.1, 0.15) is 5.69 Å². The molecule has 6 heteroatoms. The van der Waals surface area contributed by atoms with Crippen molar-refractivity contribution in [3.05, 3.63) is 22.4 Å². The number of aryl methyl sites for hydroxylation is 1. The Morgan fingerprint density at radius 3 is 2.71 bits per heavy atom. The second-order valence-corrected chi connectivity index (χ2v) is 3.36. The Bertz CT molecular complexity index is 389. The average Bonchev–Trinajstić information content (AvgIpc) is 2.43. The van der Waals surface area contributed by atoms with Gasteiger partial charge < -0.3 is 5.11 Å². The standard InChI is InChI=1S/C8H7BrN2O3/c1-11-6(5(9)4-10-11)2-3-7(12)8(13)14/h2-4H,1H3,(H,13,14)/b3-2+. The molecule has 0 saturated carbocycles. The predicted octanol–water partition coefficient (Wildman–Crippen LogP) is 0.850. The number of hydrogen-bond donors (Lipinski definition) is 1. The largest absolute Gasteiger partial charge is 0.475 e. The molecule has 0 spiro atoms. The van der Waals surface area contributed by atoms with E-state index in [0.717, 1.165) is 6.08 Å². The van der Waals surface area contributed by atoms with Gasteiger partial charge in [-0.05, 0) is 28.1 Å². The highest BCUT2D eigenvalue weighted by Gasteiger charge is 2.07. The van der Waals surface area contributed by atoms with Crippen LogP contribution in [0.3, 0.4) is 0 Å². The smallest absolute Gasteiger partial charge is 0.376 e. The highest BCUT2D eigenvalue weighted by Crippen LogP contribution is 2.16. The minimum absolute atomic E-state index is 0.639. The zero-order valence-corrected chi connectivity index (χ0v) is 8.85. The van der Waals surface area contributed by atoms with Crippen molar-refractivity contribution in [1.29, 1.82) is 0 Å². The van der Waals surface area contributed by atoms with Crippen LogP contribution in [0.5, 0.6) is 0 Å². The maximum absolute atomic E-state index is 10.7. The summed E-state index contributed by atoms with van der Waals surface area (Å²) in [6, 6.07) is 0. The van der Waals surface area contributed by atoms with Gasteiger partial charge in [0.2, 0.25) is 0 Å². The number of aliphatic carboxylic acids is 1. The summed E-state index contributed by atoms with van der Waals surface area (Å²) in [5.74, 6) is -2.43. The third-order valence-corrected chi connectivity index (χ3v) is 2.15. The third-order valence-electron chi connectivity index (χ3n) is 1.54. The van der Waals surface area contributed by atoms with E-state index in [9.17, 15) is 9.59 Å². The molecule has 0 aliphatic rings. The van der Waals surface area contributed by atoms with Crippen molar-refractivity contribution in [3.63, 3.8) is 0 Å². The number of nitrogens with zero attached hydrogens (tertiary/aromatic N) is 2. The van der Waals surface area contributed by atoms with E-state index in [1.165, 1.54) is 10.8 Å². The maximum Gasteiger partial charge on any atom is 0.376 e. The van der Waals surface area contributed by atoms with Crippen molar-refractivity contribution in [1.82, 2.24) is 9.78 Å². The van der Waals surface area contributed by atoms with Crippen LogP contribution in [0, 0.1) is 0 Å². The molecule has 0 saturated heterocycles. The van der Waals surface area contributed by atoms with Gasteiger partial charge in [-0.25, -0.2) is 4.79 Å². The van der Waals surface area contributed by atoms with Gasteiger partial charge in [-0.1, -0.05) is 0 Å². The predicted molar refractivity (Wildman–Crippen MR) is 52.6 cm³/mol. The first-order valence-corrected chi connectivity index (χ1v) is 4.44. The number of rotatable bonds is 3. The van der Waals surface area contributed by atoms with Crippen molar-refractivity contribution in [2.24, 2.45) is 7.05 Å². The van der Waals surface area contributed by atoms with Gasteiger partial charge in [-0.3, -0.25) is 9.48 Å². The fraction of sp³-hybridized carbons (Fsp3) is 0.125. The summed E-state index contributed by atoms with van der Waals surface area (Å²) in [6.07, 6.45) is 3.95. The number of halogens is 1. The molecule has 14 heavy (non-hydrogen) atoms. The summed E-state index contributed by atoms with van der Waals surface area (Å²) >= 11 is 3.21.